The van der Waals surface area contributed by atoms with Crippen LogP contribution in [0.5, 0.6) is 0 Å². The first-order chi connectivity index (χ1) is 14.2. The highest BCUT2D eigenvalue weighted by molar-refractivity contribution is 7.98. The van der Waals surface area contributed by atoms with E-state index in [4.69, 9.17) is 21.0 Å². The molecule has 4 rings (SSSR count). The van der Waals surface area contributed by atoms with Crippen LogP contribution in [0, 0.1) is 0 Å². The number of nitrogens with zero attached hydrogens (tertiary/aromatic N) is 3. The van der Waals surface area contributed by atoms with Gasteiger partial charge in [-0.05, 0) is 35.4 Å². The molecule has 146 valence electrons. The number of aromatic amines is 1. The molecule has 0 saturated carbocycles. The van der Waals surface area contributed by atoms with E-state index >= 15 is 0 Å². The van der Waals surface area contributed by atoms with Gasteiger partial charge in [0, 0.05) is 41.6 Å². The molecule has 0 aliphatic heterocycles. The lowest BCUT2D eigenvalue weighted by Gasteiger charge is -2.10. The first-order valence-electron chi connectivity index (χ1n) is 8.93. The molecule has 3 aromatic heterocycles. The summed E-state index contributed by atoms with van der Waals surface area (Å²) in [6.07, 6.45) is 7.32. The Morgan fingerprint density at radius 2 is 1.83 bits per heavy atom. The molecule has 0 atom stereocenters. The minimum absolute atomic E-state index is 0.163. The number of H-pyrrole nitrogens is 1. The predicted molar refractivity (Wildman–Crippen MR) is 112 cm³/mol. The number of halogens is 1. The molecule has 6 nitrogen and oxygen atoms in total. The summed E-state index contributed by atoms with van der Waals surface area (Å²) in [7, 11) is 0. The molecule has 8 heteroatoms. The molecule has 0 saturated heterocycles. The zero-order valence-corrected chi connectivity index (χ0v) is 16.9. The molecule has 0 unspecified atom stereocenters. The number of thioether (sulfide) groups is 1. The molecule has 0 aliphatic rings. The van der Waals surface area contributed by atoms with Gasteiger partial charge in [0.1, 0.15) is 12.1 Å². The fourth-order valence-corrected chi connectivity index (χ4v) is 3.82. The van der Waals surface area contributed by atoms with Crippen molar-refractivity contribution in [1.82, 2.24) is 19.9 Å². The van der Waals surface area contributed by atoms with Gasteiger partial charge in [0.25, 0.3) is 5.56 Å². The Labute approximate surface area is 176 Å². The van der Waals surface area contributed by atoms with Gasteiger partial charge in [-0.25, -0.2) is 15.0 Å². The summed E-state index contributed by atoms with van der Waals surface area (Å²) in [5.41, 5.74) is 3.06. The zero-order chi connectivity index (χ0) is 20.1. The number of benzene rings is 1. The molecule has 3 heterocycles. The van der Waals surface area contributed by atoms with Gasteiger partial charge in [-0.3, -0.25) is 4.79 Å². The third-order valence-electron chi connectivity index (χ3n) is 4.28. The molecule has 1 N–H and O–H groups in total. The van der Waals surface area contributed by atoms with Gasteiger partial charge in [-0.1, -0.05) is 35.5 Å². The summed E-state index contributed by atoms with van der Waals surface area (Å²) in [5.74, 6) is 1.42. The van der Waals surface area contributed by atoms with Crippen molar-refractivity contribution >= 4 is 23.4 Å². The lowest BCUT2D eigenvalue weighted by Crippen LogP contribution is -2.19. The Hall–Kier alpha value is -2.90. The van der Waals surface area contributed by atoms with E-state index in [-0.39, 0.29) is 5.56 Å². The maximum absolute atomic E-state index is 12.9. The first-order valence-corrected chi connectivity index (χ1v) is 10.3. The molecule has 0 bridgehead atoms. The van der Waals surface area contributed by atoms with Gasteiger partial charge in [0.05, 0.1) is 12.0 Å². The van der Waals surface area contributed by atoms with E-state index in [0.717, 1.165) is 16.9 Å². The number of nitrogens with one attached hydrogen (secondary N) is 1. The molecule has 29 heavy (non-hydrogen) atoms. The van der Waals surface area contributed by atoms with Crippen molar-refractivity contribution in [1.29, 1.82) is 0 Å². The second-order valence-corrected chi connectivity index (χ2v) is 7.79. The van der Waals surface area contributed by atoms with E-state index in [1.807, 2.05) is 36.4 Å². The smallest absolute Gasteiger partial charge is 0.255 e. The normalized spacial score (nSPS) is 10.9. The predicted octanol–water partition coefficient (Wildman–Crippen LogP) is 4.28. The van der Waals surface area contributed by atoms with Gasteiger partial charge in [0.2, 0.25) is 0 Å². The monoisotopic (exact) mass is 424 g/mol. The fraction of sp³-hybridized carbons (Fsp3) is 0.143. The van der Waals surface area contributed by atoms with Crippen LogP contribution in [-0.4, -0.2) is 19.9 Å². The molecular weight excluding hydrogens is 408 g/mol. The van der Waals surface area contributed by atoms with Crippen molar-refractivity contribution in [3.63, 3.8) is 0 Å². The van der Waals surface area contributed by atoms with E-state index in [0.29, 0.717) is 40.0 Å². The lowest BCUT2D eigenvalue weighted by molar-refractivity contribution is 0.517. The highest BCUT2D eigenvalue weighted by Crippen LogP contribution is 2.22. The summed E-state index contributed by atoms with van der Waals surface area (Å²) >= 11 is 7.41. The molecule has 0 aliphatic carbocycles. The van der Waals surface area contributed by atoms with Gasteiger partial charge in [0.15, 0.2) is 5.16 Å². The molecule has 0 amide bonds. The molecule has 0 radical (unpaired) electrons. The van der Waals surface area contributed by atoms with E-state index in [2.05, 4.69) is 15.0 Å². The minimum atomic E-state index is -0.163. The molecule has 4 aromatic rings. The van der Waals surface area contributed by atoms with Crippen molar-refractivity contribution in [2.75, 3.05) is 0 Å². The van der Waals surface area contributed by atoms with Gasteiger partial charge < -0.3 is 9.40 Å². The van der Waals surface area contributed by atoms with Crippen LogP contribution in [-0.2, 0) is 18.6 Å². The Balaban J connectivity index is 1.62. The Bertz CT molecular complexity index is 1130. The number of hydrogen-bond donors (Lipinski definition) is 1. The van der Waals surface area contributed by atoms with E-state index in [1.54, 1.807) is 18.7 Å². The quantitative estimate of drug-likeness (QED) is 0.352. The van der Waals surface area contributed by atoms with E-state index in [9.17, 15) is 4.79 Å². The maximum Gasteiger partial charge on any atom is 0.255 e. The molecule has 0 spiro atoms. The summed E-state index contributed by atoms with van der Waals surface area (Å²) < 4.78 is 5.47. The summed E-state index contributed by atoms with van der Waals surface area (Å²) in [4.78, 5) is 28.5. The van der Waals surface area contributed by atoms with Gasteiger partial charge in [-0.2, -0.15) is 0 Å². The van der Waals surface area contributed by atoms with Crippen LogP contribution in [0.3, 0.4) is 0 Å². The average molecular weight is 425 g/mol. The van der Waals surface area contributed by atoms with Crippen molar-refractivity contribution in [2.24, 2.45) is 0 Å². The van der Waals surface area contributed by atoms with Crippen LogP contribution in [0.15, 0.2) is 75.8 Å². The highest BCUT2D eigenvalue weighted by atomic mass is 35.5. The number of aromatic nitrogens is 4. The molecular formula is C21H17ClN4O2S. The summed E-state index contributed by atoms with van der Waals surface area (Å²) in [5, 5.41) is 1.26. The number of rotatable bonds is 7. The van der Waals surface area contributed by atoms with Crippen molar-refractivity contribution in [2.45, 2.75) is 23.8 Å². The zero-order valence-electron chi connectivity index (χ0n) is 15.3. The number of furan rings is 1. The van der Waals surface area contributed by atoms with Crippen LogP contribution in [0.4, 0.5) is 0 Å². The lowest BCUT2D eigenvalue weighted by atomic mass is 10.0. The van der Waals surface area contributed by atoms with E-state index in [1.165, 1.54) is 18.1 Å². The maximum atomic E-state index is 12.9. The largest absolute Gasteiger partial charge is 0.469 e. The van der Waals surface area contributed by atoms with Gasteiger partial charge >= 0.3 is 0 Å². The third kappa shape index (κ3) is 5.13. The average Bonchev–Trinajstić information content (AvgIpc) is 3.24. The molecule has 0 fully saturated rings. The van der Waals surface area contributed by atoms with Crippen molar-refractivity contribution < 1.29 is 4.42 Å². The number of hydrogen-bond acceptors (Lipinski definition) is 6. The van der Waals surface area contributed by atoms with Crippen LogP contribution in [0.1, 0.15) is 28.1 Å². The Morgan fingerprint density at radius 1 is 1.03 bits per heavy atom. The Kier molecular flexibility index (Phi) is 6.07. The Morgan fingerprint density at radius 3 is 2.55 bits per heavy atom. The topological polar surface area (TPSA) is 84.7 Å². The highest BCUT2D eigenvalue weighted by Gasteiger charge is 2.15. The molecule has 1 aromatic carbocycles. The van der Waals surface area contributed by atoms with Crippen molar-refractivity contribution in [3.05, 3.63) is 105 Å². The van der Waals surface area contributed by atoms with E-state index < -0.39 is 0 Å². The van der Waals surface area contributed by atoms with Crippen molar-refractivity contribution in [3.8, 4) is 0 Å². The second-order valence-electron chi connectivity index (χ2n) is 6.39. The minimum Gasteiger partial charge on any atom is -0.469 e. The van der Waals surface area contributed by atoms with Gasteiger partial charge in [-0.15, -0.1) is 0 Å². The third-order valence-corrected chi connectivity index (χ3v) is 5.48. The SMILES string of the molecule is O=c1[nH]c(SCc2ccc(Cl)cc2)nc(Cc2ccco2)c1Cc1cncnc1. The standard InChI is InChI=1S/C21H17ClN4O2S/c22-16-5-3-14(4-6-16)12-29-21-25-19(9-17-2-1-7-28-17)18(20(27)26-21)8-15-10-23-13-24-11-15/h1-7,10-11,13H,8-9,12H2,(H,25,26,27). The van der Waals surface area contributed by atoms with Crippen LogP contribution < -0.4 is 5.56 Å². The fourth-order valence-electron chi connectivity index (χ4n) is 2.85. The van der Waals surface area contributed by atoms with Crippen LogP contribution >= 0.6 is 23.4 Å². The first kappa shape index (κ1) is 19.4. The summed E-state index contributed by atoms with van der Waals surface area (Å²) in [6, 6.07) is 11.3. The van der Waals surface area contributed by atoms with Crippen LogP contribution in [0.2, 0.25) is 5.02 Å². The summed E-state index contributed by atoms with van der Waals surface area (Å²) in [6.45, 7) is 0. The van der Waals surface area contributed by atoms with Crippen LogP contribution in [0.25, 0.3) is 0 Å². The second kappa shape index (κ2) is 9.07.